The lowest BCUT2D eigenvalue weighted by Crippen LogP contribution is -2.52. The highest BCUT2D eigenvalue weighted by Crippen LogP contribution is 2.47. The lowest BCUT2D eigenvalue weighted by atomic mass is 9.81. The molecule has 4 aromatic rings. The van der Waals surface area contributed by atoms with Crippen LogP contribution in [0.4, 0.5) is 17.6 Å². The summed E-state index contributed by atoms with van der Waals surface area (Å²) in [5.74, 6) is -1.86. The Bertz CT molecular complexity index is 1720. The number of aromatic nitrogens is 2. The molecule has 0 spiro atoms. The lowest BCUT2D eigenvalue weighted by molar-refractivity contribution is -0.265. The number of nitrogens with one attached hydrogen (secondary N) is 1. The molecule has 1 unspecified atom stereocenters. The second-order valence-corrected chi connectivity index (χ2v) is 10.3. The largest absolute Gasteiger partial charge is 0.497 e. The molecule has 0 aliphatic carbocycles. The Morgan fingerprint density at radius 3 is 2.48 bits per heavy atom. The summed E-state index contributed by atoms with van der Waals surface area (Å²) in [4.78, 5) is 29.6. The Morgan fingerprint density at radius 2 is 1.86 bits per heavy atom. The molecule has 2 aromatic heterocycles. The van der Waals surface area contributed by atoms with Crippen LogP contribution in [-0.4, -0.2) is 52.9 Å². The monoisotopic (exact) mass is 586 g/mol. The van der Waals surface area contributed by atoms with Crippen molar-refractivity contribution in [2.45, 2.75) is 24.1 Å². The maximum atomic E-state index is 14.6. The van der Waals surface area contributed by atoms with Gasteiger partial charge in [0.15, 0.2) is 0 Å². The molecule has 5 rings (SSSR count). The number of aryl methyl sites for hydroxylation is 1. The Balaban J connectivity index is 1.58. The number of pyridine rings is 1. The summed E-state index contributed by atoms with van der Waals surface area (Å²) in [5.41, 5.74) is 0.0230. The number of methoxy groups -OCH3 is 1. The zero-order valence-corrected chi connectivity index (χ0v) is 22.7. The third-order valence-corrected chi connectivity index (χ3v) is 7.62. The smallest absolute Gasteiger partial charge is 0.424 e. The highest BCUT2D eigenvalue weighted by atomic mass is 19.4. The fourth-order valence-electron chi connectivity index (χ4n) is 4.89. The van der Waals surface area contributed by atoms with Gasteiger partial charge in [-0.05, 0) is 55.5 Å². The van der Waals surface area contributed by atoms with Gasteiger partial charge in [0.25, 0.3) is 5.91 Å². The van der Waals surface area contributed by atoms with Gasteiger partial charge < -0.3 is 30.2 Å². The molecule has 0 radical (unpaired) electrons. The number of halogens is 4. The van der Waals surface area contributed by atoms with Crippen molar-refractivity contribution in [2.75, 3.05) is 20.3 Å². The number of benzene rings is 2. The lowest BCUT2D eigenvalue weighted by Gasteiger charge is -2.31. The normalized spacial score (nSPS) is 17.8. The highest BCUT2D eigenvalue weighted by Gasteiger charge is 2.57. The van der Waals surface area contributed by atoms with Crippen molar-refractivity contribution >= 4 is 22.7 Å². The van der Waals surface area contributed by atoms with E-state index in [1.165, 1.54) is 36.8 Å². The number of carbonyl (C=O) groups excluding carboxylic acids is 2. The van der Waals surface area contributed by atoms with E-state index < -0.39 is 47.1 Å². The number of hydrogen-bond donors (Lipinski definition) is 3. The third kappa shape index (κ3) is 4.59. The minimum Gasteiger partial charge on any atom is -0.497 e. The van der Waals surface area contributed by atoms with E-state index in [4.69, 9.17) is 15.2 Å². The number of hydrogen-bond acceptors (Lipinski definition) is 6. The van der Waals surface area contributed by atoms with Crippen LogP contribution < -0.4 is 20.5 Å². The fraction of sp³-hybridized carbons (Fsp3) is 0.276. The number of alkyl halides is 3. The number of aliphatic hydroxyl groups is 1. The molecule has 9 nitrogen and oxygen atoms in total. The van der Waals surface area contributed by atoms with Crippen LogP contribution in [-0.2, 0) is 22.9 Å². The van der Waals surface area contributed by atoms with E-state index in [0.717, 1.165) is 18.2 Å². The zero-order valence-electron chi connectivity index (χ0n) is 22.7. The Morgan fingerprint density at radius 1 is 1.17 bits per heavy atom. The standard InChI is InChI=1S/C29H26F4N4O5/c1-27(26(34)39)14-42-24-19(27)12-22(36-23(24)15-4-7-17(30)8-5-15)28(40,29(31,32)33)13-35-25(38)21-10-16-6-9-18(41-3)11-20(16)37(21)2/h4-12,40H,13-14H2,1-3H3,(H2,34,39)(H,35,38)/t27-,28?/m0/s1. The topological polar surface area (TPSA) is 129 Å². The van der Waals surface area contributed by atoms with Gasteiger partial charge in [-0.15, -0.1) is 0 Å². The third-order valence-electron chi connectivity index (χ3n) is 7.62. The summed E-state index contributed by atoms with van der Waals surface area (Å²) >= 11 is 0. The number of nitrogens with zero attached hydrogens (tertiary/aromatic N) is 2. The Labute approximate surface area is 236 Å². The van der Waals surface area contributed by atoms with Crippen LogP contribution in [0.2, 0.25) is 0 Å². The van der Waals surface area contributed by atoms with Crippen molar-refractivity contribution < 1.29 is 41.7 Å². The van der Waals surface area contributed by atoms with E-state index in [-0.39, 0.29) is 34.9 Å². The molecule has 42 heavy (non-hydrogen) atoms. The van der Waals surface area contributed by atoms with Crippen molar-refractivity contribution in [3.8, 4) is 22.8 Å². The number of rotatable bonds is 7. The van der Waals surface area contributed by atoms with Gasteiger partial charge in [-0.2, -0.15) is 13.2 Å². The number of carbonyl (C=O) groups is 2. The predicted octanol–water partition coefficient (Wildman–Crippen LogP) is 3.70. The molecular formula is C29H26F4N4O5. The van der Waals surface area contributed by atoms with Gasteiger partial charge in [-0.25, -0.2) is 9.37 Å². The van der Waals surface area contributed by atoms with Crippen molar-refractivity contribution in [3.63, 3.8) is 0 Å². The zero-order chi connectivity index (χ0) is 30.6. The van der Waals surface area contributed by atoms with E-state index in [1.807, 2.05) is 0 Å². The Kier molecular flexibility index (Phi) is 6.88. The maximum Gasteiger partial charge on any atom is 0.424 e. The molecule has 2 aromatic carbocycles. The van der Waals surface area contributed by atoms with E-state index >= 15 is 0 Å². The number of nitrogens with two attached hydrogens (primary N) is 1. The molecule has 2 atom stereocenters. The molecular weight excluding hydrogens is 560 g/mol. The fourth-order valence-corrected chi connectivity index (χ4v) is 4.89. The van der Waals surface area contributed by atoms with Gasteiger partial charge in [0.05, 0.1) is 24.9 Å². The summed E-state index contributed by atoms with van der Waals surface area (Å²) in [7, 11) is 3.04. The number of amides is 2. The first-order valence-electron chi connectivity index (χ1n) is 12.6. The van der Waals surface area contributed by atoms with Crippen molar-refractivity contribution in [3.05, 3.63) is 77.4 Å². The SMILES string of the molecule is COc1ccc2cc(C(=O)NCC(O)(c3cc4c(c(-c5ccc(F)cc5)n3)OC[C@]4(C)C(N)=O)C(F)(F)F)n(C)c2c1. The van der Waals surface area contributed by atoms with Crippen LogP contribution in [0.3, 0.4) is 0 Å². The molecule has 0 saturated carbocycles. The van der Waals surface area contributed by atoms with Crippen molar-refractivity contribution in [2.24, 2.45) is 12.8 Å². The van der Waals surface area contributed by atoms with Gasteiger partial charge >= 0.3 is 6.18 Å². The van der Waals surface area contributed by atoms with E-state index in [0.29, 0.717) is 16.7 Å². The molecule has 13 heteroatoms. The summed E-state index contributed by atoms with van der Waals surface area (Å²) in [6, 6.07) is 12.1. The first-order chi connectivity index (χ1) is 19.7. The average Bonchev–Trinajstić information content (AvgIpc) is 3.48. The van der Waals surface area contributed by atoms with Crippen molar-refractivity contribution in [1.82, 2.24) is 14.9 Å². The van der Waals surface area contributed by atoms with Crippen LogP contribution in [0.1, 0.15) is 28.7 Å². The molecule has 1 aliphatic heterocycles. The minimum absolute atomic E-state index is 0.0221. The molecule has 1 aliphatic rings. The van der Waals surface area contributed by atoms with Gasteiger partial charge in [-0.3, -0.25) is 9.59 Å². The molecule has 220 valence electrons. The second kappa shape index (κ2) is 10.0. The van der Waals surface area contributed by atoms with Crippen LogP contribution in [0.5, 0.6) is 11.5 Å². The summed E-state index contributed by atoms with van der Waals surface area (Å²) in [6.07, 6.45) is -5.34. The second-order valence-electron chi connectivity index (χ2n) is 10.3. The van der Waals surface area contributed by atoms with Gasteiger partial charge in [0.2, 0.25) is 11.5 Å². The molecule has 2 amide bonds. The molecule has 0 bridgehead atoms. The molecule has 0 fully saturated rings. The van der Waals surface area contributed by atoms with E-state index in [1.54, 1.807) is 25.2 Å². The summed E-state index contributed by atoms with van der Waals surface area (Å²) in [6.45, 7) is -0.212. The van der Waals surface area contributed by atoms with Gasteiger partial charge in [0.1, 0.15) is 40.7 Å². The first-order valence-corrected chi connectivity index (χ1v) is 12.6. The number of ether oxygens (including phenoxy) is 2. The molecule has 3 heterocycles. The van der Waals surface area contributed by atoms with Crippen LogP contribution in [0.25, 0.3) is 22.2 Å². The van der Waals surface area contributed by atoms with E-state index in [9.17, 15) is 32.3 Å². The predicted molar refractivity (Wildman–Crippen MR) is 143 cm³/mol. The number of fused-ring (bicyclic) bond motifs is 2. The van der Waals surface area contributed by atoms with Gasteiger partial charge in [0, 0.05) is 29.6 Å². The minimum atomic E-state index is -5.34. The van der Waals surface area contributed by atoms with Gasteiger partial charge in [-0.1, -0.05) is 0 Å². The first kappa shape index (κ1) is 28.9. The van der Waals surface area contributed by atoms with Crippen LogP contribution >= 0.6 is 0 Å². The quantitative estimate of drug-likeness (QED) is 0.284. The number of primary amides is 1. The van der Waals surface area contributed by atoms with Crippen molar-refractivity contribution in [1.29, 1.82) is 0 Å². The van der Waals surface area contributed by atoms with E-state index in [2.05, 4.69) is 10.3 Å². The maximum absolute atomic E-state index is 14.6. The molecule has 4 N–H and O–H groups in total. The van der Waals surface area contributed by atoms with Crippen LogP contribution in [0.15, 0.2) is 54.6 Å². The summed E-state index contributed by atoms with van der Waals surface area (Å²) in [5, 5.41) is 14.0. The highest BCUT2D eigenvalue weighted by molar-refractivity contribution is 5.99. The Hall–Kier alpha value is -4.65. The molecule has 0 saturated heterocycles. The summed E-state index contributed by atoms with van der Waals surface area (Å²) < 4.78 is 69.9. The van der Waals surface area contributed by atoms with Crippen LogP contribution in [0, 0.1) is 5.82 Å². The average molecular weight is 587 g/mol.